The predicted octanol–water partition coefficient (Wildman–Crippen LogP) is 2.46. The third-order valence-electron chi connectivity index (χ3n) is 3.95. The molecule has 0 aliphatic heterocycles. The lowest BCUT2D eigenvalue weighted by molar-refractivity contribution is -0.0487. The summed E-state index contributed by atoms with van der Waals surface area (Å²) in [6.45, 7) is 3.33. The van der Waals surface area contributed by atoms with Crippen molar-refractivity contribution in [3.05, 3.63) is 0 Å². The highest BCUT2D eigenvalue weighted by molar-refractivity contribution is 4.84. The van der Waals surface area contributed by atoms with Crippen molar-refractivity contribution in [3.8, 4) is 0 Å². The van der Waals surface area contributed by atoms with E-state index in [-0.39, 0.29) is 0 Å². The van der Waals surface area contributed by atoms with E-state index in [2.05, 4.69) is 6.92 Å². The number of rotatable bonds is 3. The van der Waals surface area contributed by atoms with Crippen LogP contribution in [-0.4, -0.2) is 18.8 Å². The quantitative estimate of drug-likeness (QED) is 0.754. The van der Waals surface area contributed by atoms with Crippen LogP contribution in [0.1, 0.15) is 51.9 Å². The molecule has 0 atom stereocenters. The molecule has 2 N–H and O–H groups in total. The van der Waals surface area contributed by atoms with E-state index >= 15 is 0 Å². The van der Waals surface area contributed by atoms with Crippen molar-refractivity contribution in [1.29, 1.82) is 0 Å². The van der Waals surface area contributed by atoms with Gasteiger partial charge in [0.15, 0.2) is 0 Å². The van der Waals surface area contributed by atoms with E-state index < -0.39 is 0 Å². The molecule has 2 aliphatic carbocycles. The van der Waals surface area contributed by atoms with Crippen LogP contribution in [-0.2, 0) is 4.74 Å². The average molecular weight is 197 g/mol. The number of ether oxygens (including phenoxy) is 1. The van der Waals surface area contributed by atoms with E-state index in [0.717, 1.165) is 19.4 Å². The lowest BCUT2D eigenvalue weighted by Gasteiger charge is -2.39. The minimum absolute atomic E-state index is 0.439. The van der Waals surface area contributed by atoms with E-state index in [0.29, 0.717) is 17.6 Å². The third-order valence-corrected chi connectivity index (χ3v) is 3.95. The monoisotopic (exact) mass is 197 g/mol. The topological polar surface area (TPSA) is 35.2 Å². The molecule has 2 saturated carbocycles. The fourth-order valence-electron chi connectivity index (χ4n) is 2.50. The molecule has 2 nitrogen and oxygen atoms in total. The van der Waals surface area contributed by atoms with Crippen LogP contribution in [0.4, 0.5) is 0 Å². The van der Waals surface area contributed by atoms with Crippen LogP contribution in [0, 0.1) is 5.41 Å². The lowest BCUT2D eigenvalue weighted by Crippen LogP contribution is -2.35. The van der Waals surface area contributed by atoms with Gasteiger partial charge in [0.2, 0.25) is 0 Å². The first-order valence-corrected chi connectivity index (χ1v) is 6.05. The molecule has 0 amide bonds. The maximum atomic E-state index is 5.98. The molecule has 2 fully saturated rings. The average Bonchev–Trinajstić information content (AvgIpc) is 2.14. The molecule has 0 spiro atoms. The fraction of sp³-hybridized carbons (Fsp3) is 1.00. The smallest absolute Gasteiger partial charge is 0.0576 e. The summed E-state index contributed by atoms with van der Waals surface area (Å²) in [5, 5.41) is 0. The first-order chi connectivity index (χ1) is 6.68. The summed E-state index contributed by atoms with van der Waals surface area (Å²) < 4.78 is 5.98. The molecular weight excluding hydrogens is 174 g/mol. The summed E-state index contributed by atoms with van der Waals surface area (Å²) in [6, 6.07) is 0.439. The normalized spacial score (nSPS) is 36.4. The van der Waals surface area contributed by atoms with Crippen LogP contribution >= 0.6 is 0 Å². The van der Waals surface area contributed by atoms with Gasteiger partial charge in [0.05, 0.1) is 12.7 Å². The second-order valence-electron chi connectivity index (χ2n) is 5.51. The molecule has 0 saturated heterocycles. The number of hydrogen-bond acceptors (Lipinski definition) is 2. The van der Waals surface area contributed by atoms with Crippen LogP contribution in [0.5, 0.6) is 0 Å². The summed E-state index contributed by atoms with van der Waals surface area (Å²) >= 11 is 0. The highest BCUT2D eigenvalue weighted by atomic mass is 16.5. The van der Waals surface area contributed by atoms with Crippen LogP contribution in [0.15, 0.2) is 0 Å². The predicted molar refractivity (Wildman–Crippen MR) is 58.1 cm³/mol. The Balaban J connectivity index is 1.65. The Kier molecular flexibility index (Phi) is 3.13. The largest absolute Gasteiger partial charge is 0.378 e. The Bertz CT molecular complexity index is 181. The van der Waals surface area contributed by atoms with Gasteiger partial charge in [0.1, 0.15) is 0 Å². The van der Waals surface area contributed by atoms with E-state index in [9.17, 15) is 0 Å². The Morgan fingerprint density at radius 2 is 1.86 bits per heavy atom. The minimum atomic E-state index is 0.439. The summed E-state index contributed by atoms with van der Waals surface area (Å²) in [7, 11) is 0. The second kappa shape index (κ2) is 4.19. The molecule has 0 bridgehead atoms. The van der Waals surface area contributed by atoms with Gasteiger partial charge < -0.3 is 10.5 Å². The van der Waals surface area contributed by atoms with E-state index in [1.165, 1.54) is 32.1 Å². The van der Waals surface area contributed by atoms with Gasteiger partial charge in [-0.2, -0.15) is 0 Å². The van der Waals surface area contributed by atoms with Gasteiger partial charge in [0.25, 0.3) is 0 Å². The Morgan fingerprint density at radius 3 is 2.36 bits per heavy atom. The van der Waals surface area contributed by atoms with Gasteiger partial charge in [-0.05, 0) is 43.9 Å². The molecule has 0 aromatic rings. The zero-order chi connectivity index (χ0) is 10.0. The molecule has 2 rings (SSSR count). The molecule has 0 radical (unpaired) electrons. The zero-order valence-electron chi connectivity index (χ0n) is 9.30. The number of nitrogens with two attached hydrogens (primary N) is 1. The van der Waals surface area contributed by atoms with Crippen LogP contribution in [0.3, 0.4) is 0 Å². The van der Waals surface area contributed by atoms with Gasteiger partial charge in [-0.1, -0.05) is 13.3 Å². The maximum Gasteiger partial charge on any atom is 0.0576 e. The SMILES string of the molecule is CC1(COC2CCC(N)CC2)CCC1. The van der Waals surface area contributed by atoms with Gasteiger partial charge in [-0.15, -0.1) is 0 Å². The van der Waals surface area contributed by atoms with Gasteiger partial charge in [0, 0.05) is 6.04 Å². The van der Waals surface area contributed by atoms with E-state index in [1.807, 2.05) is 0 Å². The lowest BCUT2D eigenvalue weighted by atomic mass is 9.71. The van der Waals surface area contributed by atoms with Crippen molar-refractivity contribution >= 4 is 0 Å². The second-order valence-corrected chi connectivity index (χ2v) is 5.51. The van der Waals surface area contributed by atoms with Crippen molar-refractivity contribution in [1.82, 2.24) is 0 Å². The van der Waals surface area contributed by atoms with E-state index in [4.69, 9.17) is 10.5 Å². The summed E-state index contributed by atoms with van der Waals surface area (Å²) in [5.41, 5.74) is 6.37. The Labute approximate surface area is 87.2 Å². The van der Waals surface area contributed by atoms with Crippen molar-refractivity contribution in [2.45, 2.75) is 64.0 Å². The van der Waals surface area contributed by atoms with Gasteiger partial charge in [-0.25, -0.2) is 0 Å². The molecule has 2 aliphatic rings. The molecule has 14 heavy (non-hydrogen) atoms. The minimum Gasteiger partial charge on any atom is -0.378 e. The first-order valence-electron chi connectivity index (χ1n) is 6.05. The van der Waals surface area contributed by atoms with Crippen molar-refractivity contribution < 1.29 is 4.74 Å². The fourth-order valence-corrected chi connectivity index (χ4v) is 2.50. The highest BCUT2D eigenvalue weighted by Crippen LogP contribution is 2.41. The Morgan fingerprint density at radius 1 is 1.21 bits per heavy atom. The first kappa shape index (κ1) is 10.4. The Hall–Kier alpha value is -0.0800. The third kappa shape index (κ3) is 2.48. The van der Waals surface area contributed by atoms with Crippen LogP contribution in [0.25, 0.3) is 0 Å². The van der Waals surface area contributed by atoms with Gasteiger partial charge in [-0.3, -0.25) is 0 Å². The summed E-state index contributed by atoms with van der Waals surface area (Å²) in [6.07, 6.45) is 9.29. The molecule has 2 heteroatoms. The maximum absolute atomic E-state index is 5.98. The zero-order valence-corrected chi connectivity index (χ0v) is 9.30. The van der Waals surface area contributed by atoms with E-state index in [1.54, 1.807) is 0 Å². The van der Waals surface area contributed by atoms with Crippen molar-refractivity contribution in [3.63, 3.8) is 0 Å². The summed E-state index contributed by atoms with van der Waals surface area (Å²) in [4.78, 5) is 0. The standard InChI is InChI=1S/C12H23NO/c1-12(7-2-8-12)9-14-11-5-3-10(13)4-6-11/h10-11H,2-9,13H2,1H3. The van der Waals surface area contributed by atoms with Gasteiger partial charge >= 0.3 is 0 Å². The molecule has 0 unspecified atom stereocenters. The molecule has 0 heterocycles. The molecule has 0 aromatic heterocycles. The molecule has 0 aromatic carbocycles. The molecule has 82 valence electrons. The highest BCUT2D eigenvalue weighted by Gasteiger charge is 2.33. The van der Waals surface area contributed by atoms with Crippen LogP contribution in [0.2, 0.25) is 0 Å². The van der Waals surface area contributed by atoms with Crippen LogP contribution < -0.4 is 5.73 Å². The number of hydrogen-bond donors (Lipinski definition) is 1. The van der Waals surface area contributed by atoms with Crippen molar-refractivity contribution in [2.24, 2.45) is 11.1 Å². The summed E-state index contributed by atoms with van der Waals surface area (Å²) in [5.74, 6) is 0. The molecular formula is C12H23NO. The van der Waals surface area contributed by atoms with Crippen molar-refractivity contribution in [2.75, 3.05) is 6.61 Å².